The minimum atomic E-state index is 0. The summed E-state index contributed by atoms with van der Waals surface area (Å²) >= 11 is 0. The summed E-state index contributed by atoms with van der Waals surface area (Å²) in [6.45, 7) is 28.3. The monoisotopic (exact) mass is 584 g/mol. The molecule has 0 amide bonds. The van der Waals surface area contributed by atoms with Gasteiger partial charge < -0.3 is 12.4 Å². The molecule has 2 heteroatoms. The van der Waals surface area contributed by atoms with E-state index in [9.17, 15) is 0 Å². The van der Waals surface area contributed by atoms with Gasteiger partial charge in [-0.1, -0.05) is 66.2 Å². The summed E-state index contributed by atoms with van der Waals surface area (Å²) in [6, 6.07) is 0. The summed E-state index contributed by atoms with van der Waals surface area (Å²) in [5, 5.41) is 0. The minimum absolute atomic E-state index is 0. The first-order valence-electron chi connectivity index (χ1n) is 8.32. The molecule has 0 aromatic heterocycles. The van der Waals surface area contributed by atoms with Gasteiger partial charge in [0.1, 0.15) is 0 Å². The maximum Gasteiger partial charge on any atom is 4.00 e. The van der Waals surface area contributed by atoms with Crippen molar-refractivity contribution in [1.82, 2.24) is 0 Å². The Balaban J connectivity index is -0.000000313. The van der Waals surface area contributed by atoms with Crippen molar-refractivity contribution >= 4 is 0 Å². The van der Waals surface area contributed by atoms with Crippen LogP contribution in [-0.2, 0) is 0 Å². The summed E-state index contributed by atoms with van der Waals surface area (Å²) in [4.78, 5) is 0. The van der Waals surface area contributed by atoms with Crippen LogP contribution in [-0.4, -0.2) is 0 Å². The van der Waals surface area contributed by atoms with Gasteiger partial charge in [-0.15, -0.1) is 13.8 Å². The predicted molar refractivity (Wildman–Crippen MR) is 105 cm³/mol. The predicted octanol–water partition coefficient (Wildman–Crippen LogP) is 4.23. The number of rotatable bonds is 0. The zero-order chi connectivity index (χ0) is 18.6. The fourth-order valence-electron chi connectivity index (χ4n) is 2.81. The topological polar surface area (TPSA) is 0 Å². The van der Waals surface area contributed by atoms with Crippen LogP contribution in [0.1, 0.15) is 69.2 Å². The Kier molecular flexibility index (Phi) is 13.8. The zero-order valence-corrected chi connectivity index (χ0v) is 22.8. The standard InChI is InChI=1S/2C10H15.C3H5.ClH.U/c2*1-7-6-10(4,5)9(3)8(7)2;1-3-2;;/h2*1-5H3;3H,1-2H2;1H;/q3*-1;;+4/p-1. The molecule has 0 heterocycles. The first kappa shape index (κ1) is 29.7. The van der Waals surface area contributed by atoms with Crippen molar-refractivity contribution in [2.45, 2.75) is 69.2 Å². The van der Waals surface area contributed by atoms with E-state index in [4.69, 9.17) is 0 Å². The van der Waals surface area contributed by atoms with Gasteiger partial charge in [-0.2, -0.15) is 22.3 Å². The molecule has 0 fully saturated rings. The van der Waals surface area contributed by atoms with Gasteiger partial charge in [0, 0.05) is 0 Å². The van der Waals surface area contributed by atoms with Crippen molar-refractivity contribution in [2.75, 3.05) is 0 Å². The SMILES string of the molecule is C=C[CH2-].CC1=[C-]C(C)(C)C(C)=C1C.CC1=[C-]C(C)(C)C(C)=C1C.[Cl-].[U+4]. The molecule has 0 aromatic carbocycles. The van der Waals surface area contributed by atoms with E-state index >= 15 is 0 Å². The Morgan fingerprint density at radius 2 is 0.960 bits per heavy atom. The quantitative estimate of drug-likeness (QED) is 0.374. The number of halogens is 1. The summed E-state index contributed by atoms with van der Waals surface area (Å²) in [5.74, 6) is 0. The molecule has 0 aliphatic heterocycles. The molecule has 0 bridgehead atoms. The van der Waals surface area contributed by atoms with Gasteiger partial charge in [-0.25, -0.2) is 30.7 Å². The van der Waals surface area contributed by atoms with E-state index in [2.05, 4.69) is 94.9 Å². The second-order valence-electron chi connectivity index (χ2n) is 7.54. The summed E-state index contributed by atoms with van der Waals surface area (Å²) in [6.07, 6.45) is 8.37. The van der Waals surface area contributed by atoms with Gasteiger partial charge in [0.05, 0.1) is 0 Å². The maximum absolute atomic E-state index is 3.44. The number of hydrogen-bond acceptors (Lipinski definition) is 0. The molecule has 0 atom stereocenters. The average molecular weight is 585 g/mol. The third kappa shape index (κ3) is 7.99. The molecule has 0 saturated carbocycles. The fraction of sp³-hybridized carbons (Fsp3) is 0.522. The van der Waals surface area contributed by atoms with Crippen LogP contribution in [0.5, 0.6) is 0 Å². The Labute approximate surface area is 187 Å². The molecule has 138 valence electrons. The van der Waals surface area contributed by atoms with E-state index in [-0.39, 0.29) is 54.4 Å². The largest absolute Gasteiger partial charge is 4.00 e. The maximum atomic E-state index is 3.44. The Morgan fingerprint density at radius 3 is 1.00 bits per heavy atom. The molecule has 25 heavy (non-hydrogen) atoms. The molecule has 0 N–H and O–H groups in total. The van der Waals surface area contributed by atoms with Crippen molar-refractivity contribution < 1.29 is 43.5 Å². The first-order valence-corrected chi connectivity index (χ1v) is 8.32. The van der Waals surface area contributed by atoms with Crippen LogP contribution in [0.25, 0.3) is 0 Å². The van der Waals surface area contributed by atoms with Gasteiger partial charge in [0.15, 0.2) is 0 Å². The Morgan fingerprint density at radius 1 is 0.760 bits per heavy atom. The Bertz CT molecular complexity index is 531. The smallest absolute Gasteiger partial charge is 1.00 e. The third-order valence-corrected chi connectivity index (χ3v) is 5.12. The molecule has 2 aliphatic carbocycles. The first-order chi connectivity index (χ1) is 10.3. The van der Waals surface area contributed by atoms with E-state index in [1.165, 1.54) is 39.5 Å². The normalized spacial score (nSPS) is 19.3. The van der Waals surface area contributed by atoms with Crippen molar-refractivity contribution in [3.05, 3.63) is 65.2 Å². The van der Waals surface area contributed by atoms with Crippen LogP contribution in [0, 0.1) is 61.0 Å². The Hall–Kier alpha value is -0.0881. The zero-order valence-electron chi connectivity index (χ0n) is 17.9. The van der Waals surface area contributed by atoms with Crippen LogP contribution in [0.2, 0.25) is 0 Å². The summed E-state index contributed by atoms with van der Waals surface area (Å²) in [5.41, 5.74) is 8.79. The van der Waals surface area contributed by atoms with Gasteiger partial charge in [-0.05, 0) is 0 Å². The van der Waals surface area contributed by atoms with Gasteiger partial charge >= 0.3 is 31.1 Å². The molecule has 0 aromatic rings. The van der Waals surface area contributed by atoms with Crippen LogP contribution in [0.4, 0.5) is 0 Å². The van der Waals surface area contributed by atoms with Crippen LogP contribution >= 0.6 is 0 Å². The van der Waals surface area contributed by atoms with Crippen LogP contribution < -0.4 is 12.4 Å². The summed E-state index contributed by atoms with van der Waals surface area (Å²) < 4.78 is 0. The molecular formula is C23H35ClU. The number of allylic oxidation sites excluding steroid dienone is 9. The molecule has 0 unspecified atom stereocenters. The third-order valence-electron chi connectivity index (χ3n) is 5.12. The van der Waals surface area contributed by atoms with Gasteiger partial charge in [0.25, 0.3) is 0 Å². The van der Waals surface area contributed by atoms with Crippen LogP contribution in [0.3, 0.4) is 0 Å². The average Bonchev–Trinajstić information content (AvgIpc) is 2.71. The summed E-state index contributed by atoms with van der Waals surface area (Å²) in [7, 11) is 0. The second kappa shape index (κ2) is 11.6. The molecule has 2 aliphatic rings. The molecule has 0 nitrogen and oxygen atoms in total. The van der Waals surface area contributed by atoms with E-state index < -0.39 is 0 Å². The van der Waals surface area contributed by atoms with Crippen molar-refractivity contribution in [3.8, 4) is 0 Å². The van der Waals surface area contributed by atoms with E-state index in [1.807, 2.05) is 0 Å². The fourth-order valence-corrected chi connectivity index (χ4v) is 2.81. The molecule has 0 radical (unpaired) electrons. The van der Waals surface area contributed by atoms with Crippen molar-refractivity contribution in [3.63, 3.8) is 0 Å². The van der Waals surface area contributed by atoms with Gasteiger partial charge in [0.2, 0.25) is 0 Å². The molecule has 0 spiro atoms. The van der Waals surface area contributed by atoms with Gasteiger partial charge in [-0.3, -0.25) is 12.2 Å². The van der Waals surface area contributed by atoms with Crippen molar-refractivity contribution in [2.24, 2.45) is 10.8 Å². The van der Waals surface area contributed by atoms with E-state index in [0.29, 0.717) is 0 Å². The van der Waals surface area contributed by atoms with Crippen molar-refractivity contribution in [1.29, 1.82) is 0 Å². The molecular weight excluding hydrogens is 550 g/mol. The van der Waals surface area contributed by atoms with E-state index in [0.717, 1.165) is 0 Å². The second-order valence-corrected chi connectivity index (χ2v) is 7.54. The number of hydrogen-bond donors (Lipinski definition) is 0. The molecule has 2 rings (SSSR count). The minimum Gasteiger partial charge on any atom is -1.00 e. The van der Waals surface area contributed by atoms with Crippen LogP contribution in [0.15, 0.2) is 46.1 Å². The van der Waals surface area contributed by atoms with E-state index in [1.54, 1.807) is 0 Å². The molecule has 0 saturated heterocycles.